The molecule has 0 aromatic heterocycles. The fourth-order valence-corrected chi connectivity index (χ4v) is 1.82. The number of carbonyl (C=O) groups excluding carboxylic acids is 2. The number of nitrogens with two attached hydrogens (primary N) is 2. The summed E-state index contributed by atoms with van der Waals surface area (Å²) in [6, 6.07) is 11.9. The van der Waals surface area contributed by atoms with Crippen LogP contribution < -0.4 is 11.5 Å². The van der Waals surface area contributed by atoms with Crippen molar-refractivity contribution < 1.29 is 9.59 Å². The lowest BCUT2D eigenvalue weighted by Gasteiger charge is -2.11. The molecular weight excluding hydrogens is 280 g/mol. The number of hydrogen-bond donors (Lipinski definition) is 4. The molecule has 114 valence electrons. The smallest absolute Gasteiger partial charge is 0.231 e. The largest absolute Gasteiger partial charge is 0.399 e. The zero-order chi connectivity index (χ0) is 17.1. The zero-order valence-corrected chi connectivity index (χ0v) is 12.4. The third-order valence-electron chi connectivity index (χ3n) is 3.05. The first-order valence-corrected chi connectivity index (χ1v) is 6.22. The van der Waals surface area contributed by atoms with Crippen LogP contribution in [0, 0.1) is 24.7 Å². The molecule has 0 aliphatic heterocycles. The van der Waals surface area contributed by atoms with Crippen LogP contribution in [0.4, 0.5) is 11.4 Å². The summed E-state index contributed by atoms with van der Waals surface area (Å²) in [5.41, 5.74) is 17.9. The van der Waals surface area contributed by atoms with Crippen molar-refractivity contribution in [2.45, 2.75) is 13.8 Å². The lowest BCUT2D eigenvalue weighted by Crippen LogP contribution is -1.94. The van der Waals surface area contributed by atoms with Crippen molar-refractivity contribution in [3.05, 3.63) is 47.5 Å². The van der Waals surface area contributed by atoms with E-state index in [4.69, 9.17) is 31.9 Å². The van der Waals surface area contributed by atoms with E-state index in [0.29, 0.717) is 0 Å². The third-order valence-corrected chi connectivity index (χ3v) is 3.05. The summed E-state index contributed by atoms with van der Waals surface area (Å²) in [4.78, 5) is 16.7. The van der Waals surface area contributed by atoms with Gasteiger partial charge in [-0.2, -0.15) is 0 Å². The van der Waals surface area contributed by atoms with Crippen LogP contribution in [0.25, 0.3) is 11.1 Å². The van der Waals surface area contributed by atoms with Gasteiger partial charge in [-0.1, -0.05) is 18.2 Å². The van der Waals surface area contributed by atoms with Gasteiger partial charge >= 0.3 is 0 Å². The maximum Gasteiger partial charge on any atom is 0.231 e. The Bertz CT molecular complexity index is 670. The Balaban J connectivity index is 0.000000639. The first kappa shape index (κ1) is 18.8. The van der Waals surface area contributed by atoms with Crippen molar-refractivity contribution in [3.8, 4) is 11.1 Å². The summed E-state index contributed by atoms with van der Waals surface area (Å²) in [7, 11) is 0. The lowest BCUT2D eigenvalue weighted by atomic mass is 9.96. The van der Waals surface area contributed by atoms with Gasteiger partial charge in [-0.05, 0) is 54.3 Å². The zero-order valence-electron chi connectivity index (χ0n) is 12.4. The van der Waals surface area contributed by atoms with Crippen LogP contribution in [0.5, 0.6) is 0 Å². The Hall–Kier alpha value is -3.20. The lowest BCUT2D eigenvalue weighted by molar-refractivity contribution is 0.562. The fraction of sp³-hybridized carbons (Fsp3) is 0.125. The molecule has 0 bridgehead atoms. The average molecular weight is 298 g/mol. The van der Waals surface area contributed by atoms with Gasteiger partial charge < -0.3 is 11.5 Å². The summed E-state index contributed by atoms with van der Waals surface area (Å²) in [6.07, 6.45) is 1.50. The SMILES string of the molecule is Cc1c(N)ccc(-c2ccc(N)cc2)c1C.N=C=O.N=C=O. The van der Waals surface area contributed by atoms with E-state index >= 15 is 0 Å². The normalized spacial score (nSPS) is 8.27. The van der Waals surface area contributed by atoms with E-state index in [9.17, 15) is 0 Å². The molecule has 22 heavy (non-hydrogen) atoms. The minimum Gasteiger partial charge on any atom is -0.399 e. The molecule has 0 heterocycles. The number of anilines is 2. The Kier molecular flexibility index (Phi) is 8.26. The van der Waals surface area contributed by atoms with Crippen molar-refractivity contribution in [2.75, 3.05) is 11.5 Å². The standard InChI is InChI=1S/C14H16N2.2CHNO/c1-9-10(2)14(16)8-7-13(9)11-3-5-12(15)6-4-11;2*2-1-3/h3-8H,15-16H2,1-2H3;2*2H. The molecule has 6 nitrogen and oxygen atoms in total. The minimum absolute atomic E-state index is 0.750. The summed E-state index contributed by atoms with van der Waals surface area (Å²) >= 11 is 0. The van der Waals surface area contributed by atoms with Gasteiger partial charge in [0.25, 0.3) is 0 Å². The summed E-state index contributed by atoms with van der Waals surface area (Å²) in [5.74, 6) is 0. The van der Waals surface area contributed by atoms with Gasteiger partial charge in [0, 0.05) is 11.4 Å². The van der Waals surface area contributed by atoms with E-state index in [2.05, 4.69) is 13.0 Å². The fourth-order valence-electron chi connectivity index (χ4n) is 1.82. The van der Waals surface area contributed by atoms with E-state index in [0.717, 1.165) is 29.1 Å². The molecular formula is C16H18N4O2. The van der Waals surface area contributed by atoms with Crippen molar-refractivity contribution in [2.24, 2.45) is 0 Å². The quantitative estimate of drug-likeness (QED) is 0.366. The van der Waals surface area contributed by atoms with Crippen molar-refractivity contribution in [3.63, 3.8) is 0 Å². The van der Waals surface area contributed by atoms with Crippen molar-refractivity contribution in [1.82, 2.24) is 0 Å². The van der Waals surface area contributed by atoms with Crippen LogP contribution in [0.1, 0.15) is 11.1 Å². The van der Waals surface area contributed by atoms with E-state index in [1.807, 2.05) is 37.3 Å². The second-order valence-corrected chi connectivity index (χ2v) is 4.28. The molecule has 6 N–H and O–H groups in total. The molecule has 0 amide bonds. The Morgan fingerprint density at radius 3 is 1.73 bits per heavy atom. The monoisotopic (exact) mass is 298 g/mol. The second kappa shape index (κ2) is 9.66. The number of benzene rings is 2. The van der Waals surface area contributed by atoms with E-state index in [1.165, 1.54) is 16.7 Å². The summed E-state index contributed by atoms with van der Waals surface area (Å²) < 4.78 is 0. The van der Waals surface area contributed by atoms with Crippen LogP contribution in [0.3, 0.4) is 0 Å². The van der Waals surface area contributed by atoms with E-state index in [-0.39, 0.29) is 0 Å². The first-order valence-electron chi connectivity index (χ1n) is 6.22. The van der Waals surface area contributed by atoms with Gasteiger partial charge in [0.15, 0.2) is 0 Å². The number of hydrogen-bond acceptors (Lipinski definition) is 6. The summed E-state index contributed by atoms with van der Waals surface area (Å²) in [6.45, 7) is 4.14. The van der Waals surface area contributed by atoms with Gasteiger partial charge in [-0.3, -0.25) is 0 Å². The number of nitrogens with one attached hydrogen (secondary N) is 2. The van der Waals surface area contributed by atoms with Crippen LogP contribution >= 0.6 is 0 Å². The molecule has 0 atom stereocenters. The Labute approximate surface area is 128 Å². The van der Waals surface area contributed by atoms with Crippen LogP contribution in [0.15, 0.2) is 36.4 Å². The highest BCUT2D eigenvalue weighted by Crippen LogP contribution is 2.28. The average Bonchev–Trinajstić information content (AvgIpc) is 2.48. The topological polar surface area (TPSA) is 134 Å². The Morgan fingerprint density at radius 2 is 1.27 bits per heavy atom. The minimum atomic E-state index is 0.750. The number of rotatable bonds is 1. The molecule has 0 fully saturated rings. The maximum absolute atomic E-state index is 8.35. The molecule has 0 aliphatic carbocycles. The molecule has 6 heteroatoms. The highest BCUT2D eigenvalue weighted by molar-refractivity contribution is 5.73. The molecule has 0 spiro atoms. The van der Waals surface area contributed by atoms with Gasteiger partial charge in [-0.25, -0.2) is 20.4 Å². The molecule has 0 aliphatic rings. The summed E-state index contributed by atoms with van der Waals surface area (Å²) in [5, 5.41) is 10.8. The van der Waals surface area contributed by atoms with E-state index in [1.54, 1.807) is 0 Å². The van der Waals surface area contributed by atoms with Crippen molar-refractivity contribution in [1.29, 1.82) is 10.8 Å². The van der Waals surface area contributed by atoms with Gasteiger partial charge in [0.05, 0.1) is 0 Å². The van der Waals surface area contributed by atoms with Gasteiger partial charge in [-0.15, -0.1) is 0 Å². The maximum atomic E-state index is 8.35. The third kappa shape index (κ3) is 5.43. The second-order valence-electron chi connectivity index (χ2n) is 4.28. The number of nitrogen functional groups attached to an aromatic ring is 2. The molecule has 2 aromatic carbocycles. The highest BCUT2D eigenvalue weighted by Gasteiger charge is 2.05. The van der Waals surface area contributed by atoms with Crippen LogP contribution in [-0.4, -0.2) is 12.2 Å². The number of isocyanates is 2. The van der Waals surface area contributed by atoms with Crippen LogP contribution in [0.2, 0.25) is 0 Å². The van der Waals surface area contributed by atoms with E-state index < -0.39 is 0 Å². The highest BCUT2D eigenvalue weighted by atomic mass is 16.1. The molecule has 0 radical (unpaired) electrons. The van der Waals surface area contributed by atoms with Crippen molar-refractivity contribution >= 4 is 23.5 Å². The molecule has 0 saturated heterocycles. The van der Waals surface area contributed by atoms with Gasteiger partial charge in [0.2, 0.25) is 12.2 Å². The van der Waals surface area contributed by atoms with Crippen LogP contribution in [-0.2, 0) is 9.59 Å². The Morgan fingerprint density at radius 1 is 0.818 bits per heavy atom. The molecule has 0 unspecified atom stereocenters. The predicted molar refractivity (Wildman–Crippen MR) is 87.0 cm³/mol. The first-order chi connectivity index (χ1) is 10.4. The van der Waals surface area contributed by atoms with Gasteiger partial charge in [0.1, 0.15) is 0 Å². The molecule has 2 aromatic rings. The molecule has 0 saturated carbocycles. The molecule has 2 rings (SSSR count). The predicted octanol–water partition coefficient (Wildman–Crippen LogP) is 2.94.